The SMILES string of the molecule is CN1CC2(C1)CN(Cc1cc3c(c(C(F)(F)F)c1)CN(c1cc(C4(c5nncn5C)CCCC4)cc4c1OCC4)C3=O)C2. The van der Waals surface area contributed by atoms with Gasteiger partial charge in [0.05, 0.1) is 29.8 Å². The first kappa shape index (κ1) is 27.1. The lowest BCUT2D eigenvalue weighted by Gasteiger charge is -2.59. The van der Waals surface area contributed by atoms with Crippen molar-refractivity contribution in [2.45, 2.75) is 56.8 Å². The number of aromatic nitrogens is 3. The van der Waals surface area contributed by atoms with Gasteiger partial charge in [-0.25, -0.2) is 0 Å². The average Bonchev–Trinajstić information content (AvgIpc) is 3.72. The first-order valence-electron chi connectivity index (χ1n) is 15.2. The van der Waals surface area contributed by atoms with Gasteiger partial charge in [-0.3, -0.25) is 9.69 Å². The van der Waals surface area contributed by atoms with Gasteiger partial charge >= 0.3 is 6.18 Å². The van der Waals surface area contributed by atoms with Crippen molar-refractivity contribution in [1.82, 2.24) is 24.6 Å². The van der Waals surface area contributed by atoms with E-state index in [2.05, 4.69) is 33.1 Å². The molecule has 0 N–H and O–H groups in total. The molecule has 1 amide bonds. The third-order valence-corrected chi connectivity index (χ3v) is 10.3. The Bertz CT molecular complexity index is 1630. The molecular weight excluding hydrogens is 557 g/mol. The monoisotopic (exact) mass is 592 g/mol. The maximum absolute atomic E-state index is 14.5. The molecule has 43 heavy (non-hydrogen) atoms. The van der Waals surface area contributed by atoms with Crippen LogP contribution in [0.25, 0.3) is 0 Å². The van der Waals surface area contributed by atoms with Crippen LogP contribution >= 0.6 is 0 Å². The molecule has 5 heterocycles. The van der Waals surface area contributed by atoms with Crippen LogP contribution in [0.2, 0.25) is 0 Å². The number of hydrogen-bond acceptors (Lipinski definition) is 6. The molecule has 11 heteroatoms. The summed E-state index contributed by atoms with van der Waals surface area (Å²) in [5.41, 5.74) is 2.46. The minimum Gasteiger partial charge on any atom is -0.491 e. The summed E-state index contributed by atoms with van der Waals surface area (Å²) in [6, 6.07) is 7.07. The Morgan fingerprint density at radius 3 is 2.47 bits per heavy atom. The van der Waals surface area contributed by atoms with Crippen molar-refractivity contribution in [2.75, 3.05) is 44.7 Å². The molecule has 4 aliphatic heterocycles. The number of carbonyl (C=O) groups excluding carboxylic acids is 1. The second-order valence-electron chi connectivity index (χ2n) is 13.5. The summed E-state index contributed by atoms with van der Waals surface area (Å²) >= 11 is 0. The molecule has 5 aliphatic rings. The number of ether oxygens (including phenoxy) is 1. The van der Waals surface area contributed by atoms with E-state index in [4.69, 9.17) is 4.74 Å². The third kappa shape index (κ3) is 4.14. The van der Waals surface area contributed by atoms with E-state index in [1.165, 1.54) is 11.0 Å². The fourth-order valence-corrected chi connectivity index (χ4v) is 8.68. The largest absolute Gasteiger partial charge is 0.491 e. The summed E-state index contributed by atoms with van der Waals surface area (Å²) in [7, 11) is 4.02. The first-order chi connectivity index (χ1) is 20.6. The Hall–Kier alpha value is -3.44. The van der Waals surface area contributed by atoms with Gasteiger partial charge in [0, 0.05) is 57.2 Å². The second-order valence-corrected chi connectivity index (χ2v) is 13.5. The molecule has 0 atom stereocenters. The number of carbonyl (C=O) groups is 1. The topological polar surface area (TPSA) is 66.7 Å². The van der Waals surface area contributed by atoms with Gasteiger partial charge in [0.25, 0.3) is 5.91 Å². The predicted molar refractivity (Wildman–Crippen MR) is 153 cm³/mol. The second kappa shape index (κ2) is 9.28. The van der Waals surface area contributed by atoms with E-state index in [0.29, 0.717) is 36.6 Å². The Morgan fingerprint density at radius 1 is 1.02 bits per heavy atom. The number of anilines is 1. The highest BCUT2D eigenvalue weighted by atomic mass is 19.4. The van der Waals surface area contributed by atoms with Crippen molar-refractivity contribution in [3.63, 3.8) is 0 Å². The van der Waals surface area contributed by atoms with Gasteiger partial charge in [-0.05, 0) is 60.3 Å². The molecule has 8 nitrogen and oxygen atoms in total. The Morgan fingerprint density at radius 2 is 1.79 bits per heavy atom. The zero-order valence-electron chi connectivity index (χ0n) is 24.5. The van der Waals surface area contributed by atoms with Crippen molar-refractivity contribution < 1.29 is 22.7 Å². The maximum atomic E-state index is 14.5. The number of likely N-dealkylation sites (tertiary alicyclic amines) is 2. The van der Waals surface area contributed by atoms with Crippen molar-refractivity contribution in [1.29, 1.82) is 0 Å². The first-order valence-corrected chi connectivity index (χ1v) is 15.2. The molecule has 0 bridgehead atoms. The molecule has 3 fully saturated rings. The predicted octanol–water partition coefficient (Wildman–Crippen LogP) is 4.54. The number of aryl methyl sites for hydroxylation is 1. The molecule has 226 valence electrons. The summed E-state index contributed by atoms with van der Waals surface area (Å²) in [4.78, 5) is 20.0. The molecule has 1 spiro atoms. The van der Waals surface area contributed by atoms with Gasteiger partial charge in [0.15, 0.2) is 0 Å². The molecular formula is C32H35F3N6O2. The highest BCUT2D eigenvalue weighted by Crippen LogP contribution is 2.51. The zero-order valence-corrected chi connectivity index (χ0v) is 24.5. The number of alkyl halides is 3. The van der Waals surface area contributed by atoms with E-state index in [-0.39, 0.29) is 28.5 Å². The molecule has 0 radical (unpaired) electrons. The standard InChI is InChI=1S/C32H35F3N6O2/c1-38-15-30(16-38)17-40(18-30)13-20-9-23-24(25(10-20)32(33,34)35)14-41(28(23)42)26-12-22(11-21-5-8-43-27(21)26)31(6-3-4-7-31)29-37-36-19-39(29)2/h9-12,19H,3-8,13-18H2,1-2H3. The van der Waals surface area contributed by atoms with Crippen LogP contribution < -0.4 is 9.64 Å². The maximum Gasteiger partial charge on any atom is 0.416 e. The van der Waals surface area contributed by atoms with Crippen molar-refractivity contribution in [3.05, 3.63) is 69.8 Å². The van der Waals surface area contributed by atoms with E-state index in [0.717, 1.165) is 68.8 Å². The van der Waals surface area contributed by atoms with Crippen LogP contribution in [-0.4, -0.2) is 70.3 Å². The van der Waals surface area contributed by atoms with Gasteiger partial charge in [-0.15, -0.1) is 10.2 Å². The summed E-state index contributed by atoms with van der Waals surface area (Å²) < 4.78 is 51.4. The van der Waals surface area contributed by atoms with Crippen LogP contribution in [0.3, 0.4) is 0 Å². The molecule has 2 aromatic carbocycles. The Balaban J connectivity index is 1.17. The van der Waals surface area contributed by atoms with Gasteiger partial charge < -0.3 is 19.1 Å². The van der Waals surface area contributed by atoms with E-state index in [1.807, 2.05) is 17.7 Å². The van der Waals surface area contributed by atoms with Crippen LogP contribution in [0.4, 0.5) is 18.9 Å². The molecule has 1 saturated carbocycles. The van der Waals surface area contributed by atoms with E-state index in [9.17, 15) is 18.0 Å². The van der Waals surface area contributed by atoms with Crippen LogP contribution in [0, 0.1) is 5.41 Å². The third-order valence-electron chi connectivity index (χ3n) is 10.3. The molecule has 3 aromatic rings. The zero-order chi connectivity index (χ0) is 29.7. The van der Waals surface area contributed by atoms with Gasteiger partial charge in [-0.1, -0.05) is 18.9 Å². The average molecular weight is 593 g/mol. The quantitative estimate of drug-likeness (QED) is 0.434. The lowest BCUT2D eigenvalue weighted by molar-refractivity contribution is -0.138. The lowest BCUT2D eigenvalue weighted by Crippen LogP contribution is -2.70. The van der Waals surface area contributed by atoms with Gasteiger partial charge in [0.2, 0.25) is 0 Å². The summed E-state index contributed by atoms with van der Waals surface area (Å²) in [5.74, 6) is 1.06. The number of benzene rings is 2. The minimum atomic E-state index is -4.57. The van der Waals surface area contributed by atoms with E-state index >= 15 is 0 Å². The number of halogens is 3. The van der Waals surface area contributed by atoms with Crippen molar-refractivity contribution in [3.8, 4) is 5.75 Å². The highest BCUT2D eigenvalue weighted by Gasteiger charge is 2.50. The van der Waals surface area contributed by atoms with E-state index < -0.39 is 17.6 Å². The van der Waals surface area contributed by atoms with Crippen LogP contribution in [0.1, 0.15) is 69.7 Å². The van der Waals surface area contributed by atoms with Crippen molar-refractivity contribution >= 4 is 11.6 Å². The Labute approximate surface area is 248 Å². The molecule has 0 unspecified atom stereocenters. The molecule has 1 aliphatic carbocycles. The van der Waals surface area contributed by atoms with E-state index in [1.54, 1.807) is 12.4 Å². The normalized spacial score (nSPS) is 22.4. The summed E-state index contributed by atoms with van der Waals surface area (Å²) in [6.07, 6.45) is 1.68. The van der Waals surface area contributed by atoms with Crippen molar-refractivity contribution in [2.24, 2.45) is 12.5 Å². The number of amides is 1. The fourth-order valence-electron chi connectivity index (χ4n) is 8.68. The fraction of sp³-hybridized carbons (Fsp3) is 0.531. The van der Waals surface area contributed by atoms with Gasteiger partial charge in [-0.2, -0.15) is 13.2 Å². The smallest absolute Gasteiger partial charge is 0.416 e. The molecule has 2 saturated heterocycles. The summed E-state index contributed by atoms with van der Waals surface area (Å²) in [5, 5.41) is 8.64. The van der Waals surface area contributed by atoms with Gasteiger partial charge in [0.1, 0.15) is 17.9 Å². The van der Waals surface area contributed by atoms with Crippen LogP contribution in [0.15, 0.2) is 30.6 Å². The molecule has 8 rings (SSSR count). The number of hydrogen-bond donors (Lipinski definition) is 0. The number of rotatable bonds is 5. The minimum absolute atomic E-state index is 0.0444. The number of nitrogens with zero attached hydrogens (tertiary/aromatic N) is 6. The Kier molecular flexibility index (Phi) is 5.86. The van der Waals surface area contributed by atoms with Crippen LogP contribution in [-0.2, 0) is 38.1 Å². The van der Waals surface area contributed by atoms with Crippen LogP contribution in [0.5, 0.6) is 5.75 Å². The highest BCUT2D eigenvalue weighted by molar-refractivity contribution is 6.11. The summed E-state index contributed by atoms with van der Waals surface area (Å²) in [6.45, 7) is 4.54. The lowest BCUT2D eigenvalue weighted by atomic mass is 9.73. The number of fused-ring (bicyclic) bond motifs is 2. The molecule has 1 aromatic heterocycles.